The number of aliphatic hydroxyl groups excluding tert-OH is 1. The number of aromatic nitrogens is 8. The molecule has 0 atom stereocenters. The molecule has 4 aromatic heterocycles. The van der Waals surface area contributed by atoms with E-state index in [1.54, 1.807) is 63.5 Å². The third kappa shape index (κ3) is 9.65. The largest absolute Gasteiger partial charge is 0.494 e. The summed E-state index contributed by atoms with van der Waals surface area (Å²) in [7, 11) is 3.20. The molecule has 0 unspecified atom stereocenters. The molecule has 19 heteroatoms. The SMILES string of the molecule is CCn1nc(C)cc1C(=O)Nc1nc2cc(C(N)=O)cc(OC)c2n1C/C=C/Cn1c(NC)nc2cc(C(N)=O)cc(OC/C=C/CO)c21.CCn1nc(C)cc1C=O. The molecule has 0 aliphatic carbocycles. The number of methoxy groups -OCH3 is 1. The van der Waals surface area contributed by atoms with E-state index < -0.39 is 17.7 Å². The van der Waals surface area contributed by atoms with Crippen LogP contribution in [0.15, 0.2) is 60.7 Å². The van der Waals surface area contributed by atoms with Gasteiger partial charge < -0.3 is 40.5 Å². The summed E-state index contributed by atoms with van der Waals surface area (Å²) >= 11 is 0. The van der Waals surface area contributed by atoms with Gasteiger partial charge in [-0.25, -0.2) is 9.97 Å². The molecule has 19 nitrogen and oxygen atoms in total. The molecule has 0 bridgehead atoms. The number of nitrogens with two attached hydrogens (primary N) is 2. The Hall–Kier alpha value is -7.28. The molecule has 0 aliphatic rings. The number of aldehydes is 1. The predicted molar refractivity (Wildman–Crippen MR) is 222 cm³/mol. The lowest BCUT2D eigenvalue weighted by molar-refractivity contribution is 0.0991. The Morgan fingerprint density at radius 3 is 1.88 bits per heavy atom. The number of carbonyl (C=O) groups excluding carboxylic acids is 4. The lowest BCUT2D eigenvalue weighted by Gasteiger charge is -2.12. The van der Waals surface area contributed by atoms with E-state index in [-0.39, 0.29) is 36.8 Å². The van der Waals surface area contributed by atoms with Crippen molar-refractivity contribution in [2.45, 2.75) is 53.9 Å². The van der Waals surface area contributed by atoms with Crippen LogP contribution >= 0.6 is 0 Å². The number of aliphatic hydroxyl groups is 1. The van der Waals surface area contributed by atoms with Crippen LogP contribution in [0.5, 0.6) is 11.5 Å². The summed E-state index contributed by atoms with van der Waals surface area (Å²) in [4.78, 5) is 57.1. The van der Waals surface area contributed by atoms with Crippen LogP contribution in [0.3, 0.4) is 0 Å². The van der Waals surface area contributed by atoms with E-state index in [9.17, 15) is 19.2 Å². The molecule has 0 spiro atoms. The molecular weight excluding hydrogens is 761 g/mol. The molecule has 0 aliphatic heterocycles. The maximum Gasteiger partial charge on any atom is 0.276 e. The van der Waals surface area contributed by atoms with Crippen molar-refractivity contribution < 1.29 is 33.8 Å². The summed E-state index contributed by atoms with van der Waals surface area (Å²) < 4.78 is 18.5. The predicted octanol–water partition coefficient (Wildman–Crippen LogP) is 3.62. The minimum atomic E-state index is -0.647. The first kappa shape index (κ1) is 42.9. The molecule has 7 N–H and O–H groups in total. The van der Waals surface area contributed by atoms with Gasteiger partial charge in [-0.15, -0.1) is 0 Å². The third-order valence-corrected chi connectivity index (χ3v) is 8.99. The van der Waals surface area contributed by atoms with Gasteiger partial charge >= 0.3 is 0 Å². The van der Waals surface area contributed by atoms with Crippen LogP contribution in [-0.4, -0.2) is 95.1 Å². The molecule has 0 saturated heterocycles. The van der Waals surface area contributed by atoms with E-state index >= 15 is 0 Å². The minimum Gasteiger partial charge on any atom is -0.494 e. The average Bonchev–Trinajstić information content (AvgIpc) is 3.99. The number of amides is 3. The number of nitrogens with zero attached hydrogens (tertiary/aromatic N) is 8. The Labute approximate surface area is 339 Å². The molecular formula is C40H48N12O7. The third-order valence-electron chi connectivity index (χ3n) is 8.99. The number of rotatable bonds is 17. The van der Waals surface area contributed by atoms with Crippen LogP contribution in [-0.2, 0) is 26.2 Å². The van der Waals surface area contributed by atoms with E-state index in [1.807, 2.05) is 44.4 Å². The van der Waals surface area contributed by atoms with Gasteiger partial charge in [-0.1, -0.05) is 18.2 Å². The summed E-state index contributed by atoms with van der Waals surface area (Å²) in [6.45, 7) is 9.37. The number of primary amides is 2. The number of fused-ring (bicyclic) bond motifs is 2. The Balaban J connectivity index is 0.000000578. The zero-order chi connectivity index (χ0) is 42.8. The smallest absolute Gasteiger partial charge is 0.276 e. The van der Waals surface area contributed by atoms with Gasteiger partial charge in [0.25, 0.3) is 5.91 Å². The summed E-state index contributed by atoms with van der Waals surface area (Å²) in [6, 6.07) is 9.70. The summed E-state index contributed by atoms with van der Waals surface area (Å²) in [5, 5.41) is 23.5. The fourth-order valence-electron chi connectivity index (χ4n) is 6.34. The average molecular weight is 809 g/mol. The normalized spacial score (nSPS) is 11.3. The lowest BCUT2D eigenvalue weighted by Crippen LogP contribution is -2.20. The molecule has 3 amide bonds. The molecule has 0 fully saturated rings. The fraction of sp³-hybridized carbons (Fsp3) is 0.300. The van der Waals surface area contributed by atoms with Gasteiger partial charge in [-0.3, -0.25) is 33.9 Å². The molecule has 6 rings (SSSR count). The Bertz CT molecular complexity index is 2560. The monoisotopic (exact) mass is 808 g/mol. The van der Waals surface area contributed by atoms with Crippen molar-refractivity contribution in [3.63, 3.8) is 0 Å². The van der Waals surface area contributed by atoms with E-state index in [1.165, 1.54) is 13.2 Å². The topological polar surface area (TPSA) is 254 Å². The highest BCUT2D eigenvalue weighted by atomic mass is 16.5. The fourth-order valence-corrected chi connectivity index (χ4v) is 6.34. The molecule has 6 aromatic rings. The van der Waals surface area contributed by atoms with Gasteiger partial charge in [-0.2, -0.15) is 10.2 Å². The molecule has 310 valence electrons. The number of hydrogen-bond donors (Lipinski definition) is 5. The number of hydrogen-bond acceptors (Lipinski definition) is 12. The van der Waals surface area contributed by atoms with Gasteiger partial charge in [0.1, 0.15) is 40.5 Å². The van der Waals surface area contributed by atoms with Crippen molar-refractivity contribution in [2.75, 3.05) is 38.0 Å². The second-order valence-corrected chi connectivity index (χ2v) is 13.0. The summed E-state index contributed by atoms with van der Waals surface area (Å²) in [5.74, 6) is -0.201. The zero-order valence-corrected chi connectivity index (χ0v) is 33.7. The van der Waals surface area contributed by atoms with Crippen molar-refractivity contribution in [1.29, 1.82) is 0 Å². The number of benzene rings is 2. The maximum absolute atomic E-state index is 13.4. The van der Waals surface area contributed by atoms with Crippen molar-refractivity contribution in [3.05, 3.63) is 94.6 Å². The Morgan fingerprint density at radius 2 is 1.34 bits per heavy atom. The van der Waals surface area contributed by atoms with Gasteiger partial charge in [0, 0.05) is 44.4 Å². The second-order valence-electron chi connectivity index (χ2n) is 13.0. The molecule has 4 heterocycles. The van der Waals surface area contributed by atoms with Crippen LogP contribution in [0.2, 0.25) is 0 Å². The molecule has 0 radical (unpaired) electrons. The van der Waals surface area contributed by atoms with Crippen molar-refractivity contribution in [2.24, 2.45) is 11.5 Å². The Kier molecular flexibility index (Phi) is 14.0. The van der Waals surface area contributed by atoms with Crippen LogP contribution in [0.1, 0.15) is 66.9 Å². The van der Waals surface area contributed by atoms with Gasteiger partial charge in [-0.05, 0) is 70.2 Å². The first-order chi connectivity index (χ1) is 28.4. The number of ether oxygens (including phenoxy) is 2. The highest BCUT2D eigenvalue weighted by molar-refractivity contribution is 6.04. The van der Waals surface area contributed by atoms with E-state index in [4.69, 9.17) is 26.0 Å². The van der Waals surface area contributed by atoms with E-state index in [2.05, 4.69) is 30.8 Å². The van der Waals surface area contributed by atoms with Crippen LogP contribution in [0.25, 0.3) is 22.1 Å². The second kappa shape index (κ2) is 19.2. The highest BCUT2D eigenvalue weighted by Crippen LogP contribution is 2.32. The zero-order valence-electron chi connectivity index (χ0n) is 33.7. The van der Waals surface area contributed by atoms with Crippen molar-refractivity contribution in [1.82, 2.24) is 38.7 Å². The maximum atomic E-state index is 13.4. The number of aryl methyl sites for hydroxylation is 4. The standard InChI is InChI=1S/C33H38N10O6.C7H10N2O/c1-5-43-24(14-19(2)40-43)31(47)39-33-38-22-15-20(29(34)45)17-25(48-4)27(22)42(33)11-7-6-10-41-28-23(37-32(41)36-3)16-21(30(35)46)18-26(28)49-13-9-8-12-44;1-3-9-7(5-10)4-6(2)8-9/h6-9,14-18,44H,5,10-13H2,1-4H3,(H2,34,45)(H2,35,46)(H,36,37)(H,38,39,47);4-5H,3H2,1-2H3/b7-6+,9-8+;. The van der Waals surface area contributed by atoms with Crippen LogP contribution in [0.4, 0.5) is 11.9 Å². The van der Waals surface area contributed by atoms with Gasteiger partial charge in [0.2, 0.25) is 23.7 Å². The van der Waals surface area contributed by atoms with Crippen molar-refractivity contribution >= 4 is 58.0 Å². The Morgan fingerprint density at radius 1 is 0.780 bits per heavy atom. The molecule has 2 aromatic carbocycles. The van der Waals surface area contributed by atoms with E-state index in [0.29, 0.717) is 69.7 Å². The van der Waals surface area contributed by atoms with Crippen molar-refractivity contribution in [3.8, 4) is 11.5 Å². The van der Waals surface area contributed by atoms with E-state index in [0.717, 1.165) is 18.5 Å². The number of anilines is 2. The minimum absolute atomic E-state index is 0.133. The van der Waals surface area contributed by atoms with Crippen LogP contribution < -0.4 is 31.6 Å². The summed E-state index contributed by atoms with van der Waals surface area (Å²) in [6.07, 6.45) is 7.81. The number of carbonyl (C=O) groups is 4. The number of nitrogens with one attached hydrogen (secondary N) is 2. The molecule has 59 heavy (non-hydrogen) atoms. The lowest BCUT2D eigenvalue weighted by atomic mass is 10.1. The molecule has 0 saturated carbocycles. The number of allylic oxidation sites excluding steroid dienone is 2. The first-order valence-corrected chi connectivity index (χ1v) is 18.7. The number of imidazole rings is 2. The van der Waals surface area contributed by atoms with Gasteiger partial charge in [0.05, 0.1) is 36.1 Å². The highest BCUT2D eigenvalue weighted by Gasteiger charge is 2.22. The van der Waals surface area contributed by atoms with Crippen LogP contribution in [0, 0.1) is 13.8 Å². The van der Waals surface area contributed by atoms with Gasteiger partial charge in [0.15, 0.2) is 6.29 Å². The first-order valence-electron chi connectivity index (χ1n) is 18.7. The summed E-state index contributed by atoms with van der Waals surface area (Å²) in [5.41, 5.74) is 16.3. The quantitative estimate of drug-likeness (QED) is 0.0655.